The number of benzene rings is 1. The molecule has 2 N–H and O–H groups in total. The van der Waals surface area contributed by atoms with E-state index in [4.69, 9.17) is 4.74 Å². The molecule has 1 aromatic rings. The van der Waals surface area contributed by atoms with Crippen LogP contribution in [0.4, 0.5) is 0 Å². The van der Waals surface area contributed by atoms with Crippen molar-refractivity contribution >= 4 is 29.5 Å². The van der Waals surface area contributed by atoms with Crippen LogP contribution < -0.4 is 5.32 Å². The van der Waals surface area contributed by atoms with Crippen molar-refractivity contribution in [3.63, 3.8) is 0 Å². The zero-order valence-electron chi connectivity index (χ0n) is 14.1. The molecule has 2 amide bonds. The molecule has 1 aromatic carbocycles. The van der Waals surface area contributed by atoms with E-state index in [1.165, 1.54) is 16.7 Å². The second-order valence-corrected chi connectivity index (χ2v) is 8.14. The van der Waals surface area contributed by atoms with Gasteiger partial charge in [0, 0.05) is 5.57 Å². The zero-order chi connectivity index (χ0) is 18.7. The molecule has 4 aliphatic rings. The molecular formula is C19H16N2O5S. The first-order chi connectivity index (χ1) is 13.0. The zero-order valence-corrected chi connectivity index (χ0v) is 14.9. The molecule has 8 heteroatoms. The molecule has 0 saturated carbocycles. The molecule has 2 fully saturated rings. The van der Waals surface area contributed by atoms with Gasteiger partial charge in [-0.15, -0.1) is 11.8 Å². The van der Waals surface area contributed by atoms with Crippen molar-refractivity contribution < 1.29 is 24.2 Å². The van der Waals surface area contributed by atoms with E-state index in [0.717, 1.165) is 5.56 Å². The Bertz CT molecular complexity index is 912. The molecule has 0 radical (unpaired) electrons. The molecule has 27 heavy (non-hydrogen) atoms. The molecule has 0 aliphatic carbocycles. The Kier molecular flexibility index (Phi) is 3.66. The lowest BCUT2D eigenvalue weighted by Crippen LogP contribution is -2.71. The van der Waals surface area contributed by atoms with Gasteiger partial charge in [-0.1, -0.05) is 42.5 Å². The van der Waals surface area contributed by atoms with Crippen LogP contribution in [0.15, 0.2) is 53.8 Å². The van der Waals surface area contributed by atoms with E-state index in [-0.39, 0.29) is 41.4 Å². The van der Waals surface area contributed by atoms with Crippen molar-refractivity contribution in [3.05, 3.63) is 59.3 Å². The number of hydrogen-bond acceptors (Lipinski definition) is 5. The van der Waals surface area contributed by atoms with E-state index in [1.807, 2.05) is 42.5 Å². The smallest absolute Gasteiger partial charge is 0.352 e. The highest BCUT2D eigenvalue weighted by molar-refractivity contribution is 8.01. The summed E-state index contributed by atoms with van der Waals surface area (Å²) in [6.07, 6.45) is 3.39. The predicted octanol–water partition coefficient (Wildman–Crippen LogP) is 0.673. The van der Waals surface area contributed by atoms with Gasteiger partial charge in [0.25, 0.3) is 5.91 Å². The maximum absolute atomic E-state index is 12.6. The average Bonchev–Trinajstić information content (AvgIpc) is 3.27. The van der Waals surface area contributed by atoms with Crippen LogP contribution in [0.25, 0.3) is 0 Å². The first-order valence-corrected chi connectivity index (χ1v) is 9.62. The number of carbonyl (C=O) groups excluding carboxylic acids is 2. The minimum atomic E-state index is -1.13. The summed E-state index contributed by atoms with van der Waals surface area (Å²) in [6.45, 7) is 0. The number of rotatable bonds is 4. The van der Waals surface area contributed by atoms with E-state index in [2.05, 4.69) is 5.32 Å². The van der Waals surface area contributed by atoms with Crippen LogP contribution >= 0.6 is 11.8 Å². The molecule has 0 aromatic heterocycles. The number of carboxylic acids is 1. The second kappa shape index (κ2) is 5.97. The number of nitrogens with one attached hydrogen (secondary N) is 1. The third-order valence-corrected chi connectivity index (χ3v) is 6.84. The number of hydrogen-bond donors (Lipinski definition) is 2. The second-order valence-electron chi connectivity index (χ2n) is 6.88. The number of amides is 2. The minimum absolute atomic E-state index is 0.0131. The quantitative estimate of drug-likeness (QED) is 0.585. The van der Waals surface area contributed by atoms with Crippen molar-refractivity contribution in [3.8, 4) is 0 Å². The van der Waals surface area contributed by atoms with Crippen LogP contribution in [0.3, 0.4) is 0 Å². The van der Waals surface area contributed by atoms with Crippen LogP contribution in [-0.4, -0.2) is 56.7 Å². The Morgan fingerprint density at radius 3 is 2.74 bits per heavy atom. The van der Waals surface area contributed by atoms with Crippen molar-refractivity contribution in [2.45, 2.75) is 35.3 Å². The molecule has 138 valence electrons. The number of carbonyl (C=O) groups is 3. The monoisotopic (exact) mass is 384 g/mol. The fourth-order valence-electron chi connectivity index (χ4n) is 4.07. The highest BCUT2D eigenvalue weighted by Crippen LogP contribution is 2.52. The summed E-state index contributed by atoms with van der Waals surface area (Å²) in [5.41, 5.74) is 1.52. The third kappa shape index (κ3) is 2.44. The molecular weight excluding hydrogens is 368 g/mol. The number of ether oxygens (including phenoxy) is 1. The van der Waals surface area contributed by atoms with Gasteiger partial charge in [-0.05, 0) is 5.56 Å². The maximum atomic E-state index is 12.6. The van der Waals surface area contributed by atoms with Gasteiger partial charge in [0.1, 0.15) is 23.2 Å². The summed E-state index contributed by atoms with van der Waals surface area (Å²) in [4.78, 5) is 38.1. The molecule has 0 unspecified atom stereocenters. The number of fused-ring (bicyclic) bond motifs is 6. The van der Waals surface area contributed by atoms with E-state index < -0.39 is 17.4 Å². The molecule has 4 aliphatic heterocycles. The summed E-state index contributed by atoms with van der Waals surface area (Å²) in [7, 11) is 0. The van der Waals surface area contributed by atoms with Crippen molar-refractivity contribution in [2.75, 3.05) is 0 Å². The number of carboxylic acid groups (broad SMARTS) is 1. The molecule has 2 bridgehead atoms. The van der Waals surface area contributed by atoms with Gasteiger partial charge in [0.05, 0.1) is 17.8 Å². The van der Waals surface area contributed by atoms with Gasteiger partial charge < -0.3 is 15.2 Å². The summed E-state index contributed by atoms with van der Waals surface area (Å²) < 4.78 is 5.78. The van der Waals surface area contributed by atoms with Gasteiger partial charge in [0.2, 0.25) is 5.91 Å². The van der Waals surface area contributed by atoms with Gasteiger partial charge in [0.15, 0.2) is 0 Å². The summed E-state index contributed by atoms with van der Waals surface area (Å²) in [5, 5.41) is 11.9. The molecule has 0 spiro atoms. The Hall–Kier alpha value is -2.58. The number of thioether (sulfide) groups is 1. The largest absolute Gasteiger partial charge is 0.477 e. The SMILES string of the molecule is O=C(Cc1ccccc1)N[C@@H]1C(=O)N2C(C(=O)O)=C3[C@@H]4C=C[C@@H](O4)[C@@H]3S[C@H]12. The molecule has 2 saturated heterocycles. The number of β-lactam (4-membered cyclic amide) rings is 1. The Morgan fingerprint density at radius 2 is 2.00 bits per heavy atom. The summed E-state index contributed by atoms with van der Waals surface area (Å²) >= 11 is 1.49. The lowest BCUT2D eigenvalue weighted by atomic mass is 9.94. The molecule has 5 rings (SSSR count). The summed E-state index contributed by atoms with van der Waals surface area (Å²) in [5.74, 6) is -1.77. The number of aliphatic carboxylic acids is 1. The van der Waals surface area contributed by atoms with E-state index in [0.29, 0.717) is 5.57 Å². The Labute approximate surface area is 159 Å². The van der Waals surface area contributed by atoms with Crippen LogP contribution in [0.1, 0.15) is 5.56 Å². The molecule has 4 heterocycles. The lowest BCUT2D eigenvalue weighted by molar-refractivity contribution is -0.150. The predicted molar refractivity (Wildman–Crippen MR) is 96.6 cm³/mol. The molecule has 7 nitrogen and oxygen atoms in total. The average molecular weight is 384 g/mol. The first kappa shape index (κ1) is 16.6. The van der Waals surface area contributed by atoms with Crippen LogP contribution in [0.5, 0.6) is 0 Å². The Balaban J connectivity index is 1.37. The maximum Gasteiger partial charge on any atom is 0.352 e. The summed E-state index contributed by atoms with van der Waals surface area (Å²) in [6, 6.07) is 8.55. The standard InChI is InChI=1S/C19H16N2O5S/c22-12(8-9-4-2-1-3-5-9)20-14-17(23)21-15(19(24)25)13-10-6-7-11(26-10)16(13)27-18(14)21/h1-7,10-11,14,16,18H,8H2,(H,20,22)(H,24,25)/t10-,11+,14+,16-,18+/m0/s1. The minimum Gasteiger partial charge on any atom is -0.477 e. The Morgan fingerprint density at radius 1 is 1.22 bits per heavy atom. The van der Waals surface area contributed by atoms with E-state index >= 15 is 0 Å². The van der Waals surface area contributed by atoms with Crippen LogP contribution in [0, 0.1) is 0 Å². The third-order valence-electron chi connectivity index (χ3n) is 5.26. The highest BCUT2D eigenvalue weighted by atomic mass is 32.2. The van der Waals surface area contributed by atoms with Crippen molar-refractivity contribution in [1.29, 1.82) is 0 Å². The van der Waals surface area contributed by atoms with E-state index in [9.17, 15) is 19.5 Å². The highest BCUT2D eigenvalue weighted by Gasteiger charge is 2.60. The fourth-order valence-corrected chi connectivity index (χ4v) is 5.75. The van der Waals surface area contributed by atoms with Crippen molar-refractivity contribution in [1.82, 2.24) is 10.2 Å². The fraction of sp³-hybridized carbons (Fsp3) is 0.316. The lowest BCUT2D eigenvalue weighted by Gasteiger charge is -2.51. The van der Waals surface area contributed by atoms with Gasteiger partial charge in [-0.25, -0.2) is 4.79 Å². The van der Waals surface area contributed by atoms with Crippen LogP contribution in [-0.2, 0) is 25.5 Å². The van der Waals surface area contributed by atoms with Gasteiger partial charge >= 0.3 is 5.97 Å². The topological polar surface area (TPSA) is 95.9 Å². The molecule has 5 atom stereocenters. The van der Waals surface area contributed by atoms with Gasteiger partial charge in [-0.2, -0.15) is 0 Å². The van der Waals surface area contributed by atoms with Crippen molar-refractivity contribution in [2.24, 2.45) is 0 Å². The van der Waals surface area contributed by atoms with Gasteiger partial charge in [-0.3, -0.25) is 14.5 Å². The first-order valence-electron chi connectivity index (χ1n) is 8.67. The van der Waals surface area contributed by atoms with E-state index in [1.54, 1.807) is 0 Å². The normalized spacial score (nSPS) is 32.8. The van der Waals surface area contributed by atoms with Crippen LogP contribution in [0.2, 0.25) is 0 Å². The number of nitrogens with zero attached hydrogens (tertiary/aromatic N) is 1.